The monoisotopic (exact) mass is 309 g/mol. The van der Waals surface area contributed by atoms with Crippen LogP contribution in [0.2, 0.25) is 10.0 Å². The van der Waals surface area contributed by atoms with Crippen LogP contribution in [0.4, 0.5) is 0 Å². The zero-order chi connectivity index (χ0) is 14.5. The normalized spacial score (nSPS) is 11.9. The van der Waals surface area contributed by atoms with Crippen molar-refractivity contribution < 1.29 is 9.53 Å². The summed E-state index contributed by atoms with van der Waals surface area (Å²) >= 11 is 11.9. The molecule has 0 saturated heterocycles. The van der Waals surface area contributed by atoms with Gasteiger partial charge in [0, 0.05) is 23.0 Å². The topological polar surface area (TPSA) is 39.2 Å². The standard InChI is InChI=1S/C15H13Cl2NO2/c1-2-13(15(19)10-4-3-7-18-9-10)20-14-6-5-11(16)8-12(14)17/h3-9,13H,2H2,1H3. The number of nitrogens with zero attached hydrogens (tertiary/aromatic N) is 1. The Labute approximate surface area is 127 Å². The van der Waals surface area contributed by atoms with Crippen LogP contribution in [0, 0.1) is 0 Å². The number of hydrogen-bond donors (Lipinski definition) is 0. The third kappa shape index (κ3) is 3.50. The summed E-state index contributed by atoms with van der Waals surface area (Å²) in [5.74, 6) is 0.326. The van der Waals surface area contributed by atoms with Crippen LogP contribution in [-0.4, -0.2) is 16.9 Å². The van der Waals surface area contributed by atoms with E-state index in [9.17, 15) is 4.79 Å². The molecule has 0 bridgehead atoms. The van der Waals surface area contributed by atoms with Crippen molar-refractivity contribution in [3.8, 4) is 5.75 Å². The van der Waals surface area contributed by atoms with Gasteiger partial charge in [0.1, 0.15) is 5.75 Å². The lowest BCUT2D eigenvalue weighted by Crippen LogP contribution is -2.26. The predicted molar refractivity (Wildman–Crippen MR) is 79.7 cm³/mol. The van der Waals surface area contributed by atoms with Gasteiger partial charge in [-0.05, 0) is 36.8 Å². The van der Waals surface area contributed by atoms with Gasteiger partial charge in [0.05, 0.1) is 5.02 Å². The van der Waals surface area contributed by atoms with Gasteiger partial charge in [0.2, 0.25) is 5.78 Å². The van der Waals surface area contributed by atoms with Crippen molar-refractivity contribution in [3.05, 3.63) is 58.3 Å². The number of halogens is 2. The fourth-order valence-electron chi connectivity index (χ4n) is 1.74. The number of ketones is 1. The molecule has 5 heteroatoms. The maximum atomic E-state index is 12.3. The highest BCUT2D eigenvalue weighted by Gasteiger charge is 2.21. The maximum absolute atomic E-state index is 12.3. The van der Waals surface area contributed by atoms with Crippen LogP contribution in [-0.2, 0) is 0 Å². The zero-order valence-electron chi connectivity index (χ0n) is 10.8. The summed E-state index contributed by atoms with van der Waals surface area (Å²) in [6, 6.07) is 8.34. The molecule has 0 spiro atoms. The van der Waals surface area contributed by atoms with E-state index in [0.29, 0.717) is 27.8 Å². The van der Waals surface area contributed by atoms with Crippen molar-refractivity contribution in [2.24, 2.45) is 0 Å². The third-order valence-electron chi connectivity index (χ3n) is 2.77. The number of rotatable bonds is 5. The number of carbonyl (C=O) groups excluding carboxylic acids is 1. The fraction of sp³-hybridized carbons (Fsp3) is 0.200. The highest BCUT2D eigenvalue weighted by Crippen LogP contribution is 2.29. The molecular formula is C15H13Cl2NO2. The molecule has 0 amide bonds. The average Bonchev–Trinajstić information content (AvgIpc) is 2.47. The number of hydrogen-bond acceptors (Lipinski definition) is 3. The molecule has 1 heterocycles. The maximum Gasteiger partial charge on any atom is 0.204 e. The third-order valence-corrected chi connectivity index (χ3v) is 3.30. The number of pyridine rings is 1. The second kappa shape index (κ2) is 6.73. The van der Waals surface area contributed by atoms with Crippen molar-refractivity contribution in [2.75, 3.05) is 0 Å². The average molecular weight is 310 g/mol. The minimum Gasteiger partial charge on any atom is -0.481 e. The van der Waals surface area contributed by atoms with Crippen molar-refractivity contribution in [3.63, 3.8) is 0 Å². The van der Waals surface area contributed by atoms with E-state index in [2.05, 4.69) is 4.98 Å². The van der Waals surface area contributed by atoms with Crippen LogP contribution in [0.15, 0.2) is 42.7 Å². The lowest BCUT2D eigenvalue weighted by atomic mass is 10.1. The summed E-state index contributed by atoms with van der Waals surface area (Å²) < 4.78 is 5.70. The molecule has 1 unspecified atom stereocenters. The molecule has 1 aromatic carbocycles. The molecule has 0 N–H and O–H groups in total. The van der Waals surface area contributed by atoms with Gasteiger partial charge in [-0.1, -0.05) is 30.1 Å². The molecule has 20 heavy (non-hydrogen) atoms. The Morgan fingerprint density at radius 2 is 2.15 bits per heavy atom. The smallest absolute Gasteiger partial charge is 0.204 e. The second-order valence-corrected chi connectivity index (χ2v) is 5.04. The SMILES string of the molecule is CCC(Oc1ccc(Cl)cc1Cl)C(=O)c1cccnc1. The first-order chi connectivity index (χ1) is 9.61. The molecule has 2 aromatic rings. The highest BCUT2D eigenvalue weighted by atomic mass is 35.5. The van der Waals surface area contributed by atoms with Crippen molar-refractivity contribution in [1.29, 1.82) is 0 Å². The number of carbonyl (C=O) groups is 1. The molecule has 2 rings (SSSR count). The highest BCUT2D eigenvalue weighted by molar-refractivity contribution is 6.35. The minimum atomic E-state index is -0.599. The minimum absolute atomic E-state index is 0.119. The van der Waals surface area contributed by atoms with Gasteiger partial charge >= 0.3 is 0 Å². The Morgan fingerprint density at radius 1 is 1.35 bits per heavy atom. The van der Waals surface area contributed by atoms with Gasteiger partial charge in [0.15, 0.2) is 6.10 Å². The summed E-state index contributed by atoms with van der Waals surface area (Å²) in [5.41, 5.74) is 0.518. The van der Waals surface area contributed by atoms with Crippen LogP contribution in [0.25, 0.3) is 0 Å². The van der Waals surface area contributed by atoms with Gasteiger partial charge in [-0.25, -0.2) is 0 Å². The molecule has 104 valence electrons. The van der Waals surface area contributed by atoms with E-state index >= 15 is 0 Å². The molecule has 0 saturated carbocycles. The summed E-state index contributed by atoms with van der Waals surface area (Å²) in [4.78, 5) is 16.3. The molecule has 0 fully saturated rings. The Balaban J connectivity index is 2.19. The van der Waals surface area contributed by atoms with Gasteiger partial charge in [0.25, 0.3) is 0 Å². The lowest BCUT2D eigenvalue weighted by Gasteiger charge is -2.17. The van der Waals surface area contributed by atoms with Crippen molar-refractivity contribution in [2.45, 2.75) is 19.4 Å². The number of benzene rings is 1. The van der Waals surface area contributed by atoms with E-state index in [4.69, 9.17) is 27.9 Å². The molecule has 3 nitrogen and oxygen atoms in total. The van der Waals surface area contributed by atoms with Gasteiger partial charge in [-0.2, -0.15) is 0 Å². The lowest BCUT2D eigenvalue weighted by molar-refractivity contribution is 0.0786. The summed E-state index contributed by atoms with van der Waals surface area (Å²) in [5, 5.41) is 0.906. The Kier molecular flexibility index (Phi) is 4.99. The number of ether oxygens (including phenoxy) is 1. The van der Waals surface area contributed by atoms with Crippen LogP contribution in [0.5, 0.6) is 5.75 Å². The van der Waals surface area contributed by atoms with E-state index in [1.165, 1.54) is 6.20 Å². The van der Waals surface area contributed by atoms with Crippen molar-refractivity contribution in [1.82, 2.24) is 4.98 Å². The first kappa shape index (κ1) is 14.8. The Bertz CT molecular complexity index is 602. The molecule has 0 aliphatic carbocycles. The number of Topliss-reactive ketones (excluding diaryl/α,β-unsaturated/α-hetero) is 1. The molecule has 1 atom stereocenters. The Morgan fingerprint density at radius 3 is 2.75 bits per heavy atom. The van der Waals surface area contributed by atoms with Gasteiger partial charge in [-0.3, -0.25) is 9.78 Å². The molecule has 0 radical (unpaired) electrons. The molecule has 0 aliphatic rings. The largest absolute Gasteiger partial charge is 0.481 e. The van der Waals surface area contributed by atoms with E-state index in [1.807, 2.05) is 6.92 Å². The number of aromatic nitrogens is 1. The van der Waals surface area contributed by atoms with E-state index in [1.54, 1.807) is 36.5 Å². The first-order valence-electron chi connectivity index (χ1n) is 6.17. The second-order valence-electron chi connectivity index (χ2n) is 4.20. The predicted octanol–water partition coefficient (Wildman–Crippen LogP) is 4.43. The van der Waals surface area contributed by atoms with Crippen LogP contribution < -0.4 is 4.74 Å². The van der Waals surface area contributed by atoms with Gasteiger partial charge in [-0.15, -0.1) is 0 Å². The van der Waals surface area contributed by atoms with Crippen LogP contribution in [0.3, 0.4) is 0 Å². The summed E-state index contributed by atoms with van der Waals surface area (Å²) in [7, 11) is 0. The summed E-state index contributed by atoms with van der Waals surface area (Å²) in [6.07, 6.45) is 3.08. The van der Waals surface area contributed by atoms with Gasteiger partial charge < -0.3 is 4.74 Å². The van der Waals surface area contributed by atoms with Crippen LogP contribution >= 0.6 is 23.2 Å². The zero-order valence-corrected chi connectivity index (χ0v) is 12.4. The molecule has 1 aromatic heterocycles. The molecule has 0 aliphatic heterocycles. The van der Waals surface area contributed by atoms with Crippen molar-refractivity contribution >= 4 is 29.0 Å². The van der Waals surface area contributed by atoms with Crippen LogP contribution in [0.1, 0.15) is 23.7 Å². The van der Waals surface area contributed by atoms with E-state index in [-0.39, 0.29) is 5.78 Å². The quantitative estimate of drug-likeness (QED) is 0.767. The Hall–Kier alpha value is -1.58. The summed E-state index contributed by atoms with van der Waals surface area (Å²) in [6.45, 7) is 1.88. The molecular weight excluding hydrogens is 297 g/mol. The first-order valence-corrected chi connectivity index (χ1v) is 6.93. The van der Waals surface area contributed by atoms with E-state index in [0.717, 1.165) is 0 Å². The van der Waals surface area contributed by atoms with E-state index < -0.39 is 6.10 Å². The fourth-order valence-corrected chi connectivity index (χ4v) is 2.19.